The van der Waals surface area contributed by atoms with Crippen molar-refractivity contribution in [1.29, 1.82) is 0 Å². The van der Waals surface area contributed by atoms with E-state index in [0.717, 1.165) is 28.2 Å². The molecule has 0 aliphatic rings. The Kier molecular flexibility index (Phi) is 6.10. The highest BCUT2D eigenvalue weighted by molar-refractivity contribution is 7.18. The molecule has 23 heavy (non-hydrogen) atoms. The summed E-state index contributed by atoms with van der Waals surface area (Å²) in [4.78, 5) is 23.8. The Balaban J connectivity index is 2.16. The fourth-order valence-electron chi connectivity index (χ4n) is 2.59. The van der Waals surface area contributed by atoms with Gasteiger partial charge in [-0.15, -0.1) is 17.9 Å². The summed E-state index contributed by atoms with van der Waals surface area (Å²) in [6.45, 7) is 11.6. The maximum absolute atomic E-state index is 12.3. The van der Waals surface area contributed by atoms with Gasteiger partial charge in [-0.1, -0.05) is 13.0 Å². The zero-order valence-electron chi connectivity index (χ0n) is 14.1. The number of likely N-dealkylation sites (N-methyl/N-ethyl adjacent to an activating group) is 1. The van der Waals surface area contributed by atoms with Crippen molar-refractivity contribution in [3.63, 3.8) is 0 Å². The minimum atomic E-state index is -0.394. The van der Waals surface area contributed by atoms with Crippen molar-refractivity contribution in [2.75, 3.05) is 13.1 Å². The molecule has 2 rings (SSSR count). The van der Waals surface area contributed by atoms with Crippen LogP contribution >= 0.6 is 11.3 Å². The molecule has 0 spiro atoms. The zero-order valence-corrected chi connectivity index (χ0v) is 14.9. The monoisotopic (exact) mass is 335 g/mol. The normalized spacial score (nSPS) is 12.9. The van der Waals surface area contributed by atoms with Crippen molar-refractivity contribution in [3.05, 3.63) is 39.3 Å². The van der Waals surface area contributed by atoms with Gasteiger partial charge in [0.1, 0.15) is 10.7 Å². The molecule has 6 heteroatoms. The first-order valence-electron chi connectivity index (χ1n) is 7.96. The molecule has 5 nitrogen and oxygen atoms in total. The number of allylic oxidation sites excluding steroid dienone is 1. The number of H-pyrrole nitrogens is 1. The Morgan fingerprint density at radius 1 is 1.48 bits per heavy atom. The van der Waals surface area contributed by atoms with Crippen molar-refractivity contribution in [2.45, 2.75) is 46.3 Å². The molecule has 0 unspecified atom stereocenters. The molecule has 2 heterocycles. The van der Waals surface area contributed by atoms with Crippen molar-refractivity contribution in [3.8, 4) is 0 Å². The van der Waals surface area contributed by atoms with Gasteiger partial charge in [0.15, 0.2) is 0 Å². The largest absolute Gasteiger partial charge is 0.392 e. The number of fused-ring (bicyclic) bond motifs is 1. The van der Waals surface area contributed by atoms with Crippen LogP contribution in [0.1, 0.15) is 36.0 Å². The van der Waals surface area contributed by atoms with Crippen LogP contribution in [-0.4, -0.2) is 39.2 Å². The first kappa shape index (κ1) is 17.8. The van der Waals surface area contributed by atoms with Gasteiger partial charge in [-0.3, -0.25) is 9.69 Å². The predicted octanol–water partition coefficient (Wildman–Crippen LogP) is 2.75. The van der Waals surface area contributed by atoms with E-state index in [1.54, 1.807) is 11.3 Å². The van der Waals surface area contributed by atoms with Crippen LogP contribution in [0.15, 0.2) is 17.4 Å². The van der Waals surface area contributed by atoms with E-state index in [1.807, 2.05) is 26.8 Å². The van der Waals surface area contributed by atoms with Crippen LogP contribution in [0.5, 0.6) is 0 Å². The number of aryl methyl sites for hydroxylation is 2. The number of thiophene rings is 1. The van der Waals surface area contributed by atoms with Crippen molar-refractivity contribution in [1.82, 2.24) is 14.9 Å². The molecule has 2 N–H and O–H groups in total. The molecule has 2 aromatic heterocycles. The lowest BCUT2D eigenvalue weighted by molar-refractivity contribution is 0.104. The van der Waals surface area contributed by atoms with Crippen LogP contribution < -0.4 is 5.56 Å². The minimum absolute atomic E-state index is 0.0740. The molecule has 0 amide bonds. The van der Waals surface area contributed by atoms with Gasteiger partial charge in [0, 0.05) is 11.4 Å². The number of aromatic nitrogens is 2. The second-order valence-corrected chi connectivity index (χ2v) is 7.03. The first-order valence-corrected chi connectivity index (χ1v) is 8.78. The Morgan fingerprint density at radius 3 is 2.87 bits per heavy atom. The van der Waals surface area contributed by atoms with Crippen LogP contribution in [0.25, 0.3) is 10.2 Å². The van der Waals surface area contributed by atoms with E-state index in [-0.39, 0.29) is 5.56 Å². The topological polar surface area (TPSA) is 69.2 Å². The van der Waals surface area contributed by atoms with Gasteiger partial charge in [-0.2, -0.15) is 0 Å². The van der Waals surface area contributed by atoms with E-state index in [4.69, 9.17) is 0 Å². The highest BCUT2D eigenvalue weighted by Gasteiger charge is 2.15. The first-order chi connectivity index (χ1) is 11.0. The maximum Gasteiger partial charge on any atom is 0.259 e. The van der Waals surface area contributed by atoms with Crippen LogP contribution in [0.3, 0.4) is 0 Å². The van der Waals surface area contributed by atoms with E-state index in [1.165, 1.54) is 0 Å². The summed E-state index contributed by atoms with van der Waals surface area (Å²) in [5.74, 6) is 0.654. The van der Waals surface area contributed by atoms with Gasteiger partial charge in [0.25, 0.3) is 5.56 Å². The summed E-state index contributed by atoms with van der Waals surface area (Å²) < 4.78 is 0. The third kappa shape index (κ3) is 4.28. The summed E-state index contributed by atoms with van der Waals surface area (Å²) in [7, 11) is 0. The molecule has 0 aliphatic carbocycles. The summed E-state index contributed by atoms with van der Waals surface area (Å²) >= 11 is 1.56. The van der Waals surface area contributed by atoms with E-state index >= 15 is 0 Å². The summed E-state index contributed by atoms with van der Waals surface area (Å²) in [5, 5.41) is 10.7. The van der Waals surface area contributed by atoms with Crippen molar-refractivity contribution >= 4 is 21.6 Å². The van der Waals surface area contributed by atoms with E-state index in [9.17, 15) is 9.90 Å². The fourth-order valence-corrected chi connectivity index (χ4v) is 3.64. The quantitative estimate of drug-likeness (QED) is 0.728. The van der Waals surface area contributed by atoms with Gasteiger partial charge < -0.3 is 10.1 Å². The Bertz CT molecular complexity index is 735. The molecule has 0 saturated heterocycles. The molecule has 0 radical (unpaired) electrons. The van der Waals surface area contributed by atoms with Crippen LogP contribution in [-0.2, 0) is 6.54 Å². The average Bonchev–Trinajstić information content (AvgIpc) is 2.79. The molecule has 0 fully saturated rings. The molecule has 126 valence electrons. The molecule has 1 atom stereocenters. The minimum Gasteiger partial charge on any atom is -0.392 e. The lowest BCUT2D eigenvalue weighted by atomic mass is 10.2. The van der Waals surface area contributed by atoms with Crippen LogP contribution in [0.2, 0.25) is 0 Å². The van der Waals surface area contributed by atoms with Crippen molar-refractivity contribution < 1.29 is 5.11 Å². The van der Waals surface area contributed by atoms with Gasteiger partial charge in [0.2, 0.25) is 0 Å². The van der Waals surface area contributed by atoms with Gasteiger partial charge in [-0.05, 0) is 38.8 Å². The zero-order chi connectivity index (χ0) is 17.0. The molecular formula is C17H25N3O2S. The average molecular weight is 335 g/mol. The SMILES string of the molecule is C=CCC[C@@H](O)CN(CC)Cc1nc2sc(C)c(C)c2c(=O)[nH]1. The summed E-state index contributed by atoms with van der Waals surface area (Å²) in [5.41, 5.74) is 0.938. The highest BCUT2D eigenvalue weighted by atomic mass is 32.1. The number of aliphatic hydroxyl groups is 1. The van der Waals surface area contributed by atoms with E-state index < -0.39 is 6.10 Å². The van der Waals surface area contributed by atoms with Gasteiger partial charge >= 0.3 is 0 Å². The molecule has 0 bridgehead atoms. The Morgan fingerprint density at radius 2 is 2.22 bits per heavy atom. The second kappa shape index (κ2) is 7.86. The maximum atomic E-state index is 12.3. The molecule has 0 aliphatic heterocycles. The number of nitrogens with zero attached hydrogens (tertiary/aromatic N) is 2. The van der Waals surface area contributed by atoms with Crippen molar-refractivity contribution in [2.24, 2.45) is 0 Å². The number of hydrogen-bond acceptors (Lipinski definition) is 5. The smallest absolute Gasteiger partial charge is 0.259 e. The lowest BCUT2D eigenvalue weighted by Crippen LogP contribution is -2.33. The fraction of sp³-hybridized carbons (Fsp3) is 0.529. The van der Waals surface area contributed by atoms with Gasteiger partial charge in [-0.25, -0.2) is 4.98 Å². The molecule has 0 aromatic carbocycles. The number of aromatic amines is 1. The predicted molar refractivity (Wildman–Crippen MR) is 96.1 cm³/mol. The van der Waals surface area contributed by atoms with Crippen LogP contribution in [0, 0.1) is 13.8 Å². The van der Waals surface area contributed by atoms with E-state index in [0.29, 0.717) is 30.7 Å². The summed E-state index contributed by atoms with van der Waals surface area (Å²) in [6, 6.07) is 0. The lowest BCUT2D eigenvalue weighted by Gasteiger charge is -2.22. The van der Waals surface area contributed by atoms with Gasteiger partial charge in [0.05, 0.1) is 18.0 Å². The second-order valence-electron chi connectivity index (χ2n) is 5.82. The number of rotatable bonds is 8. The number of nitrogens with one attached hydrogen (secondary N) is 1. The Hall–Kier alpha value is -1.50. The number of aliphatic hydroxyl groups excluding tert-OH is 1. The van der Waals surface area contributed by atoms with E-state index in [2.05, 4.69) is 21.4 Å². The molecule has 0 saturated carbocycles. The summed E-state index contributed by atoms with van der Waals surface area (Å²) in [6.07, 6.45) is 2.92. The molecule has 2 aromatic rings. The number of hydrogen-bond donors (Lipinski definition) is 2. The third-order valence-corrected chi connectivity index (χ3v) is 5.18. The highest BCUT2D eigenvalue weighted by Crippen LogP contribution is 2.25. The molecular weight excluding hydrogens is 310 g/mol. The van der Waals surface area contributed by atoms with Crippen LogP contribution in [0.4, 0.5) is 0 Å². The third-order valence-electron chi connectivity index (χ3n) is 4.08. The standard InChI is InChI=1S/C17H25N3O2S/c1-5-7-8-13(21)9-20(6-2)10-14-18-16(22)15-11(3)12(4)23-17(15)19-14/h5,13,21H,1,6-10H2,2-4H3,(H,18,19,22)/t13-/m1/s1. The Labute approximate surface area is 140 Å².